The van der Waals surface area contributed by atoms with Crippen molar-refractivity contribution in [1.82, 2.24) is 4.98 Å². The van der Waals surface area contributed by atoms with Crippen LogP contribution in [0.15, 0.2) is 18.2 Å². The minimum Gasteiger partial charge on any atom is -0.497 e. The summed E-state index contributed by atoms with van der Waals surface area (Å²) in [5.41, 5.74) is 3.30. The number of nitrogens with one attached hydrogen (secondary N) is 1. The number of rotatable bonds is 4. The number of H-pyrrole nitrogens is 1. The van der Waals surface area contributed by atoms with Crippen LogP contribution in [-0.4, -0.2) is 25.2 Å². The predicted molar refractivity (Wildman–Crippen MR) is 69.9 cm³/mol. The maximum absolute atomic E-state index is 11.2. The zero-order valence-electron chi connectivity index (χ0n) is 10.9. The Bertz CT molecular complexity index is 572. The molecule has 2 rings (SSSR count). The van der Waals surface area contributed by atoms with Gasteiger partial charge in [-0.1, -0.05) is 0 Å². The molecule has 0 radical (unpaired) electrons. The molecule has 0 saturated heterocycles. The summed E-state index contributed by atoms with van der Waals surface area (Å²) in [6.07, 6.45) is 1.06. The van der Waals surface area contributed by atoms with E-state index in [1.54, 1.807) is 7.11 Å². The normalized spacial score (nSPS) is 10.6. The highest BCUT2D eigenvalue weighted by atomic mass is 16.5. The van der Waals surface area contributed by atoms with Gasteiger partial charge in [-0.05, 0) is 37.1 Å². The van der Waals surface area contributed by atoms with Gasteiger partial charge < -0.3 is 14.5 Å². The van der Waals surface area contributed by atoms with Crippen LogP contribution in [0.2, 0.25) is 0 Å². The summed E-state index contributed by atoms with van der Waals surface area (Å²) in [4.78, 5) is 14.5. The minimum atomic E-state index is -0.188. The third kappa shape index (κ3) is 2.32. The summed E-state index contributed by atoms with van der Waals surface area (Å²) in [5.74, 6) is 0.632. The lowest BCUT2D eigenvalue weighted by molar-refractivity contribution is -0.140. The molecule has 0 fully saturated rings. The van der Waals surface area contributed by atoms with E-state index in [-0.39, 0.29) is 5.97 Å². The van der Waals surface area contributed by atoms with E-state index in [0.717, 1.165) is 27.9 Å². The Morgan fingerprint density at radius 2 is 2.11 bits per heavy atom. The van der Waals surface area contributed by atoms with Crippen LogP contribution >= 0.6 is 0 Å². The second-order valence-corrected chi connectivity index (χ2v) is 4.22. The number of hydrogen-bond acceptors (Lipinski definition) is 3. The van der Waals surface area contributed by atoms with Gasteiger partial charge in [0.15, 0.2) is 0 Å². The van der Waals surface area contributed by atoms with Crippen LogP contribution < -0.4 is 4.74 Å². The molecule has 4 nitrogen and oxygen atoms in total. The molecule has 0 amide bonds. The molecule has 18 heavy (non-hydrogen) atoms. The van der Waals surface area contributed by atoms with Gasteiger partial charge in [0.05, 0.1) is 14.2 Å². The molecule has 2 aromatic rings. The van der Waals surface area contributed by atoms with E-state index in [2.05, 4.69) is 9.72 Å². The van der Waals surface area contributed by atoms with E-state index in [0.29, 0.717) is 12.8 Å². The molecule has 0 aliphatic heterocycles. The summed E-state index contributed by atoms with van der Waals surface area (Å²) in [6, 6.07) is 5.90. The Morgan fingerprint density at radius 1 is 1.33 bits per heavy atom. The second kappa shape index (κ2) is 5.12. The first-order valence-electron chi connectivity index (χ1n) is 5.87. The molecule has 4 heteroatoms. The molecule has 96 valence electrons. The first-order valence-corrected chi connectivity index (χ1v) is 5.87. The van der Waals surface area contributed by atoms with Gasteiger partial charge in [-0.15, -0.1) is 0 Å². The summed E-state index contributed by atoms with van der Waals surface area (Å²) >= 11 is 0. The smallest absolute Gasteiger partial charge is 0.305 e. The summed E-state index contributed by atoms with van der Waals surface area (Å²) in [6.45, 7) is 2.01. The molecule has 1 N–H and O–H groups in total. The molecule has 0 saturated carbocycles. The highest BCUT2D eigenvalue weighted by Crippen LogP contribution is 2.27. The fourth-order valence-corrected chi connectivity index (χ4v) is 2.14. The van der Waals surface area contributed by atoms with E-state index < -0.39 is 0 Å². The third-order valence-electron chi connectivity index (χ3n) is 3.13. The number of aromatic nitrogens is 1. The van der Waals surface area contributed by atoms with Crippen molar-refractivity contribution in [2.75, 3.05) is 14.2 Å². The van der Waals surface area contributed by atoms with Crippen LogP contribution in [0.3, 0.4) is 0 Å². The fourth-order valence-electron chi connectivity index (χ4n) is 2.14. The standard InChI is InChI=1S/C14H17NO3/c1-9-11(5-7-14(16)18-3)12-8-10(17-2)4-6-13(12)15-9/h4,6,8,15H,5,7H2,1-3H3. The van der Waals surface area contributed by atoms with Gasteiger partial charge in [0, 0.05) is 23.0 Å². The number of carbonyl (C=O) groups is 1. The Balaban J connectivity index is 2.35. The van der Waals surface area contributed by atoms with Crippen LogP contribution in [0.5, 0.6) is 5.75 Å². The Morgan fingerprint density at radius 3 is 2.78 bits per heavy atom. The molecule has 0 atom stereocenters. The van der Waals surface area contributed by atoms with Crippen molar-refractivity contribution in [3.63, 3.8) is 0 Å². The molecule has 0 bridgehead atoms. The number of methoxy groups -OCH3 is 2. The lowest BCUT2D eigenvalue weighted by Crippen LogP contribution is -2.02. The highest BCUT2D eigenvalue weighted by molar-refractivity contribution is 5.86. The molecule has 1 heterocycles. The lowest BCUT2D eigenvalue weighted by Gasteiger charge is -2.02. The average Bonchev–Trinajstić information content (AvgIpc) is 2.70. The molecule has 1 aromatic heterocycles. The number of fused-ring (bicyclic) bond motifs is 1. The SMILES string of the molecule is COC(=O)CCc1c(C)[nH]c2ccc(OC)cc12. The van der Waals surface area contributed by atoms with E-state index >= 15 is 0 Å². The Hall–Kier alpha value is -1.97. The number of hydrogen-bond donors (Lipinski definition) is 1. The third-order valence-corrected chi connectivity index (χ3v) is 3.13. The van der Waals surface area contributed by atoms with E-state index in [9.17, 15) is 4.79 Å². The van der Waals surface area contributed by atoms with Crippen molar-refractivity contribution in [3.05, 3.63) is 29.5 Å². The maximum atomic E-state index is 11.2. The van der Waals surface area contributed by atoms with Gasteiger partial charge in [-0.2, -0.15) is 0 Å². The number of aromatic amines is 1. The molecule has 1 aromatic carbocycles. The van der Waals surface area contributed by atoms with Crippen LogP contribution in [0.1, 0.15) is 17.7 Å². The maximum Gasteiger partial charge on any atom is 0.305 e. The van der Waals surface area contributed by atoms with Crippen molar-refractivity contribution >= 4 is 16.9 Å². The Kier molecular flexibility index (Phi) is 3.55. The Labute approximate surface area is 106 Å². The number of esters is 1. The fraction of sp³-hybridized carbons (Fsp3) is 0.357. The molecule has 0 aliphatic rings. The van der Waals surface area contributed by atoms with Gasteiger partial charge in [0.2, 0.25) is 0 Å². The first-order chi connectivity index (χ1) is 8.65. The second-order valence-electron chi connectivity index (χ2n) is 4.22. The van der Waals surface area contributed by atoms with Crippen LogP contribution in [0.4, 0.5) is 0 Å². The van der Waals surface area contributed by atoms with Crippen LogP contribution in [-0.2, 0) is 16.0 Å². The zero-order chi connectivity index (χ0) is 13.1. The molecule has 0 spiro atoms. The van der Waals surface area contributed by atoms with Gasteiger partial charge in [-0.25, -0.2) is 0 Å². The van der Waals surface area contributed by atoms with Crippen molar-refractivity contribution in [2.45, 2.75) is 19.8 Å². The first kappa shape index (κ1) is 12.5. The minimum absolute atomic E-state index is 0.188. The highest BCUT2D eigenvalue weighted by Gasteiger charge is 2.11. The number of ether oxygens (including phenoxy) is 2. The van der Waals surface area contributed by atoms with Gasteiger partial charge in [0.1, 0.15) is 5.75 Å². The average molecular weight is 247 g/mol. The quantitative estimate of drug-likeness (QED) is 0.845. The van der Waals surface area contributed by atoms with Crippen molar-refractivity contribution in [1.29, 1.82) is 0 Å². The molecule has 0 aliphatic carbocycles. The van der Waals surface area contributed by atoms with Crippen LogP contribution in [0.25, 0.3) is 10.9 Å². The topological polar surface area (TPSA) is 51.3 Å². The molecular weight excluding hydrogens is 230 g/mol. The molecular formula is C14H17NO3. The predicted octanol–water partition coefficient (Wildman–Crippen LogP) is 2.59. The van der Waals surface area contributed by atoms with Crippen molar-refractivity contribution in [3.8, 4) is 5.75 Å². The molecule has 0 unspecified atom stereocenters. The van der Waals surface area contributed by atoms with Gasteiger partial charge in [0.25, 0.3) is 0 Å². The number of benzene rings is 1. The van der Waals surface area contributed by atoms with E-state index in [4.69, 9.17) is 4.74 Å². The zero-order valence-corrected chi connectivity index (χ0v) is 10.9. The largest absolute Gasteiger partial charge is 0.497 e. The van der Waals surface area contributed by atoms with Crippen LogP contribution in [0, 0.1) is 6.92 Å². The number of aryl methyl sites for hydroxylation is 2. The van der Waals surface area contributed by atoms with E-state index in [1.165, 1.54) is 7.11 Å². The van der Waals surface area contributed by atoms with E-state index in [1.807, 2.05) is 25.1 Å². The van der Waals surface area contributed by atoms with Gasteiger partial charge in [-0.3, -0.25) is 4.79 Å². The van der Waals surface area contributed by atoms with Gasteiger partial charge >= 0.3 is 5.97 Å². The summed E-state index contributed by atoms with van der Waals surface area (Å²) in [5, 5.41) is 1.11. The number of carbonyl (C=O) groups excluding carboxylic acids is 1. The summed E-state index contributed by atoms with van der Waals surface area (Å²) in [7, 11) is 3.06. The van der Waals surface area contributed by atoms with Crippen molar-refractivity contribution in [2.24, 2.45) is 0 Å². The summed E-state index contributed by atoms with van der Waals surface area (Å²) < 4.78 is 9.90. The lowest BCUT2D eigenvalue weighted by atomic mass is 10.1. The monoisotopic (exact) mass is 247 g/mol. The van der Waals surface area contributed by atoms with Crippen molar-refractivity contribution < 1.29 is 14.3 Å².